The molecule has 2 saturated carbocycles. The summed E-state index contributed by atoms with van der Waals surface area (Å²) in [7, 11) is 0. The Kier molecular flexibility index (Phi) is 20.2. The molecular formula is C36H59Cl3N4. The smallest absolute Gasteiger partial charge is 0.0351 e. The topological polar surface area (TPSA) is 35.7 Å². The van der Waals surface area contributed by atoms with Gasteiger partial charge in [-0.2, -0.15) is 0 Å². The van der Waals surface area contributed by atoms with Gasteiger partial charge in [0.1, 0.15) is 0 Å². The van der Waals surface area contributed by atoms with Crippen LogP contribution in [0.5, 0.6) is 0 Å². The van der Waals surface area contributed by atoms with Crippen LogP contribution < -0.4 is 5.73 Å². The van der Waals surface area contributed by atoms with Crippen molar-refractivity contribution >= 4 is 35.6 Å². The lowest BCUT2D eigenvalue weighted by atomic mass is 9.86. The SMILES string of the molecule is C[C@@H]1CCC[C@H](N)C1.C[C@@H]1CCC[C@H](N2CCN(Cc3ccccc3)CC2)C1.Cl.ClCCN(CCCl)Cc1ccccc1. The lowest BCUT2D eigenvalue weighted by Crippen LogP contribution is -2.50. The number of rotatable bonds is 9. The quantitative estimate of drug-likeness (QED) is 0.276. The van der Waals surface area contributed by atoms with Crippen molar-refractivity contribution in [3.8, 4) is 0 Å². The van der Waals surface area contributed by atoms with Crippen molar-refractivity contribution in [2.45, 2.75) is 90.4 Å². The molecular weight excluding hydrogens is 595 g/mol. The van der Waals surface area contributed by atoms with Crippen LogP contribution in [0.25, 0.3) is 0 Å². The summed E-state index contributed by atoms with van der Waals surface area (Å²) in [5, 5.41) is 0. The molecule has 0 unspecified atom stereocenters. The zero-order valence-corrected chi connectivity index (χ0v) is 29.2. The van der Waals surface area contributed by atoms with E-state index in [0.29, 0.717) is 17.8 Å². The van der Waals surface area contributed by atoms with Crippen LogP contribution in [0.3, 0.4) is 0 Å². The summed E-state index contributed by atoms with van der Waals surface area (Å²) in [6.45, 7) is 13.6. The van der Waals surface area contributed by atoms with E-state index in [1.54, 1.807) is 0 Å². The highest BCUT2D eigenvalue weighted by Crippen LogP contribution is 2.28. The number of nitrogens with two attached hydrogens (primary N) is 1. The summed E-state index contributed by atoms with van der Waals surface area (Å²) in [6, 6.07) is 22.6. The zero-order valence-electron chi connectivity index (χ0n) is 26.9. The van der Waals surface area contributed by atoms with Gasteiger partial charge in [-0.15, -0.1) is 35.6 Å². The molecule has 4 nitrogen and oxygen atoms in total. The van der Waals surface area contributed by atoms with Gasteiger partial charge in [0, 0.05) is 76.2 Å². The summed E-state index contributed by atoms with van der Waals surface area (Å²) >= 11 is 11.4. The van der Waals surface area contributed by atoms with Crippen LogP contribution in [0, 0.1) is 11.8 Å². The number of piperazine rings is 1. The molecule has 0 spiro atoms. The van der Waals surface area contributed by atoms with E-state index in [-0.39, 0.29) is 12.4 Å². The molecule has 0 radical (unpaired) electrons. The molecule has 4 atom stereocenters. The van der Waals surface area contributed by atoms with E-state index < -0.39 is 0 Å². The minimum Gasteiger partial charge on any atom is -0.328 e. The third-order valence-electron chi connectivity index (χ3n) is 9.11. The summed E-state index contributed by atoms with van der Waals surface area (Å²) in [5.74, 6) is 3.14. The number of hydrogen-bond acceptors (Lipinski definition) is 4. The monoisotopic (exact) mass is 652 g/mol. The summed E-state index contributed by atoms with van der Waals surface area (Å²) < 4.78 is 0. The summed E-state index contributed by atoms with van der Waals surface area (Å²) in [6.07, 6.45) is 11.0. The lowest BCUT2D eigenvalue weighted by Gasteiger charge is -2.42. The number of nitrogens with zero attached hydrogens (tertiary/aromatic N) is 3. The first-order valence-corrected chi connectivity index (χ1v) is 17.7. The molecule has 0 amide bonds. The highest BCUT2D eigenvalue weighted by atomic mass is 35.5. The van der Waals surface area contributed by atoms with Crippen LogP contribution in [0.15, 0.2) is 60.7 Å². The van der Waals surface area contributed by atoms with Crippen molar-refractivity contribution in [1.29, 1.82) is 0 Å². The first kappa shape index (κ1) is 38.3. The van der Waals surface area contributed by atoms with Gasteiger partial charge in [0.15, 0.2) is 0 Å². The third-order valence-corrected chi connectivity index (χ3v) is 9.45. The van der Waals surface area contributed by atoms with Crippen molar-refractivity contribution in [1.82, 2.24) is 14.7 Å². The average Bonchev–Trinajstić information content (AvgIpc) is 3.00. The molecule has 2 N–H and O–H groups in total. The Morgan fingerprint density at radius 3 is 1.74 bits per heavy atom. The number of hydrogen-bond donors (Lipinski definition) is 1. The first-order chi connectivity index (χ1) is 20.5. The maximum atomic E-state index is 5.73. The predicted molar refractivity (Wildman–Crippen MR) is 191 cm³/mol. The Morgan fingerprint density at radius 1 is 0.721 bits per heavy atom. The molecule has 1 aliphatic heterocycles. The fourth-order valence-corrected chi connectivity index (χ4v) is 7.17. The highest BCUT2D eigenvalue weighted by molar-refractivity contribution is 6.18. The Balaban J connectivity index is 0.000000245. The van der Waals surface area contributed by atoms with Gasteiger partial charge in [-0.05, 0) is 48.6 Å². The Morgan fingerprint density at radius 2 is 1.26 bits per heavy atom. The van der Waals surface area contributed by atoms with Crippen molar-refractivity contribution < 1.29 is 0 Å². The second kappa shape index (κ2) is 22.6. The van der Waals surface area contributed by atoms with Crippen molar-refractivity contribution in [3.05, 3.63) is 71.8 Å². The molecule has 7 heteroatoms. The maximum absolute atomic E-state index is 5.73. The molecule has 5 rings (SSSR count). The molecule has 43 heavy (non-hydrogen) atoms. The molecule has 1 saturated heterocycles. The summed E-state index contributed by atoms with van der Waals surface area (Å²) in [4.78, 5) is 7.63. The van der Waals surface area contributed by atoms with Gasteiger partial charge < -0.3 is 5.73 Å². The van der Waals surface area contributed by atoms with Gasteiger partial charge in [0.05, 0.1) is 0 Å². The van der Waals surface area contributed by atoms with Gasteiger partial charge in [-0.3, -0.25) is 14.7 Å². The van der Waals surface area contributed by atoms with Crippen molar-refractivity contribution in [2.24, 2.45) is 17.6 Å². The molecule has 2 aromatic rings. The zero-order chi connectivity index (χ0) is 30.0. The molecule has 2 aliphatic carbocycles. The third kappa shape index (κ3) is 15.8. The Labute approximate surface area is 280 Å². The van der Waals surface area contributed by atoms with E-state index >= 15 is 0 Å². The first-order valence-electron chi connectivity index (χ1n) is 16.6. The molecule has 2 aromatic carbocycles. The van der Waals surface area contributed by atoms with Crippen LogP contribution in [-0.4, -0.2) is 77.8 Å². The second-order valence-electron chi connectivity index (χ2n) is 12.9. The molecule has 0 bridgehead atoms. The Hall–Kier alpha value is -0.850. The number of halogens is 3. The molecule has 3 aliphatic rings. The molecule has 244 valence electrons. The lowest BCUT2D eigenvalue weighted by molar-refractivity contribution is 0.0659. The van der Waals surface area contributed by atoms with E-state index in [4.69, 9.17) is 28.9 Å². The van der Waals surface area contributed by atoms with Crippen LogP contribution in [-0.2, 0) is 13.1 Å². The van der Waals surface area contributed by atoms with E-state index in [1.165, 1.54) is 88.7 Å². The van der Waals surface area contributed by atoms with Crippen LogP contribution in [0.4, 0.5) is 0 Å². The van der Waals surface area contributed by atoms with E-state index in [1.807, 2.05) is 6.07 Å². The molecule has 0 aromatic heterocycles. The Bertz CT molecular complexity index is 913. The van der Waals surface area contributed by atoms with E-state index in [9.17, 15) is 0 Å². The van der Waals surface area contributed by atoms with Gasteiger partial charge in [-0.25, -0.2) is 0 Å². The maximum Gasteiger partial charge on any atom is 0.0351 e. The van der Waals surface area contributed by atoms with E-state index in [2.05, 4.69) is 83.1 Å². The fraction of sp³-hybridized carbons (Fsp3) is 0.667. The van der Waals surface area contributed by atoms with Crippen LogP contribution >= 0.6 is 35.6 Å². The minimum absolute atomic E-state index is 0. The largest absolute Gasteiger partial charge is 0.328 e. The van der Waals surface area contributed by atoms with Gasteiger partial charge >= 0.3 is 0 Å². The van der Waals surface area contributed by atoms with E-state index in [0.717, 1.165) is 44.1 Å². The normalized spacial score (nSPS) is 24.6. The standard InChI is InChI=1S/C18H28N2.C11H15Cl2N.C7H15N.ClH/c1-16-6-5-9-18(14-16)20-12-10-19(11-13-20)15-17-7-3-2-4-8-17;12-6-8-14(9-7-13)10-11-4-2-1-3-5-11;1-6-3-2-4-7(8)5-6;/h2-4,7-8,16,18H,5-6,9-15H2,1H3;1-5H,6-10H2;6-7H,2-5,8H2,1H3;1H/t16-,18+;;6-,7+;/m1.1./s1. The highest BCUT2D eigenvalue weighted by Gasteiger charge is 2.27. The average molecular weight is 654 g/mol. The predicted octanol–water partition coefficient (Wildman–Crippen LogP) is 8.29. The van der Waals surface area contributed by atoms with Crippen molar-refractivity contribution in [3.63, 3.8) is 0 Å². The molecule has 3 fully saturated rings. The molecule has 1 heterocycles. The van der Waals surface area contributed by atoms with Crippen molar-refractivity contribution in [2.75, 3.05) is 51.0 Å². The van der Waals surface area contributed by atoms with Crippen LogP contribution in [0.1, 0.15) is 76.3 Å². The number of benzene rings is 2. The second-order valence-corrected chi connectivity index (χ2v) is 13.7. The van der Waals surface area contributed by atoms with Gasteiger partial charge in [0.2, 0.25) is 0 Å². The minimum atomic E-state index is 0. The number of alkyl halides is 2. The van der Waals surface area contributed by atoms with Gasteiger partial charge in [-0.1, -0.05) is 100 Å². The summed E-state index contributed by atoms with van der Waals surface area (Å²) in [5.41, 5.74) is 8.48. The fourth-order valence-electron chi connectivity index (χ4n) is 6.69. The van der Waals surface area contributed by atoms with Gasteiger partial charge in [0.25, 0.3) is 0 Å². The van der Waals surface area contributed by atoms with Crippen LogP contribution in [0.2, 0.25) is 0 Å².